The van der Waals surface area contributed by atoms with Crippen molar-refractivity contribution in [1.82, 2.24) is 20.7 Å². The Balaban J connectivity index is 1.52. The lowest BCUT2D eigenvalue weighted by Crippen LogP contribution is -2.60. The average Bonchev–Trinajstić information content (AvgIpc) is 3.41. The quantitative estimate of drug-likeness (QED) is 0.504. The molecule has 0 spiro atoms. The number of morpholine rings is 1. The van der Waals surface area contributed by atoms with E-state index in [9.17, 15) is 0 Å². The molecule has 158 valence electrons. The minimum atomic E-state index is 0.195. The molecule has 2 N–H and O–H groups in total. The zero-order valence-electron chi connectivity index (χ0n) is 17.5. The smallest absolute Gasteiger partial charge is 0.191 e. The molecule has 1 aromatic heterocycles. The van der Waals surface area contributed by atoms with Gasteiger partial charge in [-0.2, -0.15) is 11.8 Å². The Kier molecular flexibility index (Phi) is 8.05. The fraction of sp³-hybridized carbons (Fsp3) is 0.800. The van der Waals surface area contributed by atoms with Crippen molar-refractivity contribution in [3.63, 3.8) is 0 Å². The summed E-state index contributed by atoms with van der Waals surface area (Å²) in [4.78, 5) is 7.00. The van der Waals surface area contributed by atoms with Crippen LogP contribution in [0, 0.1) is 0 Å². The van der Waals surface area contributed by atoms with Crippen molar-refractivity contribution in [2.75, 3.05) is 51.4 Å². The summed E-state index contributed by atoms with van der Waals surface area (Å²) in [6.07, 6.45) is 3.38. The number of nitrogens with zero attached hydrogens (tertiary/aromatic N) is 3. The lowest BCUT2D eigenvalue weighted by atomic mass is 9.95. The van der Waals surface area contributed by atoms with Crippen LogP contribution in [0.15, 0.2) is 15.6 Å². The number of nitrogens with one attached hydrogen (secondary N) is 2. The van der Waals surface area contributed by atoms with Gasteiger partial charge in [0.25, 0.3) is 0 Å². The lowest BCUT2D eigenvalue weighted by molar-refractivity contribution is -0.0120. The largest absolute Gasteiger partial charge is 0.379 e. The van der Waals surface area contributed by atoms with Crippen molar-refractivity contribution in [2.24, 2.45) is 4.99 Å². The van der Waals surface area contributed by atoms with E-state index in [0.717, 1.165) is 68.9 Å². The first-order chi connectivity index (χ1) is 13.7. The number of rotatable bonds is 8. The first kappa shape index (κ1) is 21.5. The van der Waals surface area contributed by atoms with Gasteiger partial charge in [0.15, 0.2) is 11.7 Å². The van der Waals surface area contributed by atoms with Crippen molar-refractivity contribution < 1.29 is 9.26 Å². The highest BCUT2D eigenvalue weighted by Gasteiger charge is 2.40. The molecule has 2 fully saturated rings. The van der Waals surface area contributed by atoms with E-state index >= 15 is 0 Å². The third-order valence-corrected chi connectivity index (χ3v) is 7.22. The number of ether oxygens (including phenoxy) is 1. The van der Waals surface area contributed by atoms with E-state index in [0.29, 0.717) is 12.5 Å². The summed E-state index contributed by atoms with van der Waals surface area (Å²) in [5.74, 6) is 4.53. The zero-order valence-corrected chi connectivity index (χ0v) is 18.3. The maximum absolute atomic E-state index is 5.55. The molecule has 3 rings (SSSR count). The van der Waals surface area contributed by atoms with Gasteiger partial charge in [0.05, 0.1) is 25.5 Å². The van der Waals surface area contributed by atoms with Crippen molar-refractivity contribution in [3.05, 3.63) is 17.5 Å². The topological polar surface area (TPSA) is 74.9 Å². The molecule has 8 heteroatoms. The number of hydrogen-bond acceptors (Lipinski definition) is 6. The van der Waals surface area contributed by atoms with Gasteiger partial charge in [0.1, 0.15) is 0 Å². The third-order valence-electron chi connectivity index (χ3n) is 5.98. The van der Waals surface area contributed by atoms with Crippen LogP contribution >= 0.6 is 11.8 Å². The monoisotopic (exact) mass is 409 g/mol. The Morgan fingerprint density at radius 3 is 2.75 bits per heavy atom. The minimum Gasteiger partial charge on any atom is -0.379 e. The molecule has 0 amide bonds. The van der Waals surface area contributed by atoms with Crippen molar-refractivity contribution >= 4 is 17.7 Å². The molecule has 0 aliphatic carbocycles. The molecule has 1 unspecified atom stereocenters. The molecule has 0 saturated carbocycles. The fourth-order valence-corrected chi connectivity index (χ4v) is 5.56. The molecule has 2 saturated heterocycles. The molecule has 28 heavy (non-hydrogen) atoms. The van der Waals surface area contributed by atoms with E-state index in [1.165, 1.54) is 12.2 Å². The van der Waals surface area contributed by atoms with Gasteiger partial charge in [-0.15, -0.1) is 0 Å². The van der Waals surface area contributed by atoms with Crippen LogP contribution in [0.3, 0.4) is 0 Å². The summed E-state index contributed by atoms with van der Waals surface area (Å²) in [6.45, 7) is 9.58. The summed E-state index contributed by atoms with van der Waals surface area (Å²) >= 11 is 2.05. The molecule has 1 aromatic rings. The van der Waals surface area contributed by atoms with E-state index in [-0.39, 0.29) is 5.54 Å². The Bertz CT molecular complexity index is 620. The van der Waals surface area contributed by atoms with Crippen LogP contribution in [0.5, 0.6) is 0 Å². The maximum Gasteiger partial charge on any atom is 0.191 e. The highest BCUT2D eigenvalue weighted by molar-refractivity contribution is 7.99. The second-order valence-corrected chi connectivity index (χ2v) is 8.74. The van der Waals surface area contributed by atoms with Crippen molar-refractivity contribution in [1.29, 1.82) is 0 Å². The standard InChI is InChI=1S/C20H35N5O2S/c1-4-16(5-2)18-12-17(27-24-18)13-22-19(21-3)23-14-20(6-11-28-15-20)25-7-9-26-10-8-25/h12,16H,4-11,13-15H2,1-3H3,(H2,21,22,23). The molecule has 0 radical (unpaired) electrons. The van der Waals surface area contributed by atoms with Crippen molar-refractivity contribution in [2.45, 2.75) is 51.1 Å². The fourth-order valence-electron chi connectivity index (χ4n) is 4.09. The van der Waals surface area contributed by atoms with E-state index in [2.05, 4.69) is 45.6 Å². The Labute approximate surface area is 173 Å². The van der Waals surface area contributed by atoms with E-state index in [1.54, 1.807) is 0 Å². The van der Waals surface area contributed by atoms with Crippen LogP contribution in [-0.2, 0) is 11.3 Å². The summed E-state index contributed by atoms with van der Waals surface area (Å²) in [5.41, 5.74) is 1.25. The van der Waals surface area contributed by atoms with E-state index < -0.39 is 0 Å². The zero-order chi connectivity index (χ0) is 19.8. The first-order valence-corrected chi connectivity index (χ1v) is 11.7. The van der Waals surface area contributed by atoms with Crippen LogP contribution in [0.2, 0.25) is 0 Å². The molecule has 7 nitrogen and oxygen atoms in total. The van der Waals surface area contributed by atoms with E-state index in [1.807, 2.05) is 18.8 Å². The Morgan fingerprint density at radius 2 is 2.11 bits per heavy atom. The van der Waals surface area contributed by atoms with Gasteiger partial charge in [0.2, 0.25) is 0 Å². The van der Waals surface area contributed by atoms with Gasteiger partial charge >= 0.3 is 0 Å². The highest BCUT2D eigenvalue weighted by atomic mass is 32.2. The summed E-state index contributed by atoms with van der Waals surface area (Å²) < 4.78 is 11.1. The van der Waals surface area contributed by atoms with Crippen LogP contribution in [0.25, 0.3) is 0 Å². The SMILES string of the molecule is CCC(CC)c1cc(CNC(=NC)NCC2(N3CCOCC3)CCSC2)on1. The molecular formula is C20H35N5O2S. The average molecular weight is 410 g/mol. The third kappa shape index (κ3) is 5.21. The van der Waals surface area contributed by atoms with Crippen LogP contribution in [0.1, 0.15) is 50.5 Å². The highest BCUT2D eigenvalue weighted by Crippen LogP contribution is 2.33. The van der Waals surface area contributed by atoms with Gasteiger partial charge in [-0.05, 0) is 25.0 Å². The predicted octanol–water partition coefficient (Wildman–Crippen LogP) is 2.45. The second kappa shape index (κ2) is 10.5. The Morgan fingerprint density at radius 1 is 1.32 bits per heavy atom. The van der Waals surface area contributed by atoms with Gasteiger partial charge in [-0.1, -0.05) is 19.0 Å². The van der Waals surface area contributed by atoms with Gasteiger partial charge < -0.3 is 19.9 Å². The van der Waals surface area contributed by atoms with Crippen LogP contribution in [0.4, 0.5) is 0 Å². The molecule has 2 aliphatic heterocycles. The summed E-state index contributed by atoms with van der Waals surface area (Å²) in [7, 11) is 1.82. The number of guanidine groups is 1. The summed E-state index contributed by atoms with van der Waals surface area (Å²) in [6, 6.07) is 2.07. The predicted molar refractivity (Wildman–Crippen MR) is 115 cm³/mol. The Hall–Kier alpha value is -1.25. The number of aliphatic imine (C=N–C) groups is 1. The second-order valence-electron chi connectivity index (χ2n) is 7.64. The minimum absolute atomic E-state index is 0.195. The molecule has 0 aromatic carbocycles. The molecule has 1 atom stereocenters. The van der Waals surface area contributed by atoms with E-state index in [4.69, 9.17) is 9.26 Å². The lowest BCUT2D eigenvalue weighted by Gasteiger charge is -2.43. The summed E-state index contributed by atoms with van der Waals surface area (Å²) in [5, 5.41) is 11.2. The first-order valence-electron chi connectivity index (χ1n) is 10.5. The number of thioether (sulfide) groups is 1. The molecular weight excluding hydrogens is 374 g/mol. The number of hydrogen-bond donors (Lipinski definition) is 2. The van der Waals surface area contributed by atoms with Gasteiger partial charge in [-0.3, -0.25) is 9.89 Å². The maximum atomic E-state index is 5.55. The molecule has 2 aliphatic rings. The van der Waals surface area contributed by atoms with Crippen LogP contribution < -0.4 is 10.6 Å². The normalized spacial score (nSPS) is 24.1. The van der Waals surface area contributed by atoms with Crippen molar-refractivity contribution in [3.8, 4) is 0 Å². The van der Waals surface area contributed by atoms with Crippen LogP contribution in [-0.4, -0.2) is 73.0 Å². The number of aromatic nitrogens is 1. The van der Waals surface area contributed by atoms with Gasteiger partial charge in [-0.25, -0.2) is 0 Å². The molecule has 3 heterocycles. The van der Waals surface area contributed by atoms with Gasteiger partial charge in [0, 0.05) is 50.0 Å². The molecule has 0 bridgehead atoms.